The molecule has 9 heteroatoms. The Morgan fingerprint density at radius 1 is 0.373 bits per heavy atom. The average Bonchev–Trinajstić information content (AvgIpc) is 3.36. The normalized spacial score (nSPS) is 11.2. The van der Waals surface area contributed by atoms with Crippen LogP contribution in [0.25, 0.3) is 0 Å². The molecule has 67 heavy (non-hydrogen) atoms. The Morgan fingerprint density at radius 2 is 0.687 bits per heavy atom. The number of carbonyl (C=O) groups is 2. The molecule has 0 saturated carbocycles. The highest BCUT2D eigenvalue weighted by molar-refractivity contribution is 5.92. The van der Waals surface area contributed by atoms with Crippen LogP contribution in [0.5, 0.6) is 34.5 Å². The molecule has 0 atom stereocenters. The molecule has 0 fully saturated rings. The van der Waals surface area contributed by atoms with E-state index in [4.69, 9.17) is 23.7 Å². The fourth-order valence-corrected chi connectivity index (χ4v) is 7.08. The second kappa shape index (κ2) is 28.1. The SMILES string of the molecule is CCCCCCCCCOc1ccc(C(=O)Oc2ccc(C=Nc3ccc(Oc4ccc(N=Cc5ccc(OC(=O)c6ccc(OCCCCCCCCC)cc6)cc5)cc4)cc3)cc2)cc1. The van der Waals surface area contributed by atoms with Gasteiger partial charge in [-0.25, -0.2) is 9.59 Å². The number of rotatable bonds is 28. The van der Waals surface area contributed by atoms with Gasteiger partial charge >= 0.3 is 11.9 Å². The summed E-state index contributed by atoms with van der Waals surface area (Å²) in [6, 6.07) is 43.5. The first-order chi connectivity index (χ1) is 32.9. The van der Waals surface area contributed by atoms with Gasteiger partial charge in [0.15, 0.2) is 0 Å². The molecule has 0 aliphatic carbocycles. The van der Waals surface area contributed by atoms with Gasteiger partial charge in [0.2, 0.25) is 0 Å². The number of nitrogens with zero attached hydrogens (tertiary/aromatic N) is 2. The van der Waals surface area contributed by atoms with Gasteiger partial charge in [0.25, 0.3) is 0 Å². The molecule has 0 aromatic heterocycles. The van der Waals surface area contributed by atoms with Crippen molar-refractivity contribution in [2.45, 2.75) is 104 Å². The van der Waals surface area contributed by atoms with Crippen molar-refractivity contribution in [3.05, 3.63) is 168 Å². The summed E-state index contributed by atoms with van der Waals surface area (Å²) >= 11 is 0. The van der Waals surface area contributed by atoms with E-state index in [9.17, 15) is 9.59 Å². The van der Waals surface area contributed by atoms with Crippen molar-refractivity contribution in [2.75, 3.05) is 13.2 Å². The van der Waals surface area contributed by atoms with Crippen LogP contribution in [-0.2, 0) is 0 Å². The van der Waals surface area contributed by atoms with Crippen LogP contribution < -0.4 is 23.7 Å². The van der Waals surface area contributed by atoms with Crippen molar-refractivity contribution in [2.24, 2.45) is 9.98 Å². The van der Waals surface area contributed by atoms with Crippen LogP contribution in [0.2, 0.25) is 0 Å². The molecule has 0 aliphatic rings. The van der Waals surface area contributed by atoms with Gasteiger partial charge in [-0.2, -0.15) is 0 Å². The second-order valence-corrected chi connectivity index (χ2v) is 16.5. The number of hydrogen-bond donors (Lipinski definition) is 0. The summed E-state index contributed by atoms with van der Waals surface area (Å²) in [7, 11) is 0. The zero-order valence-electron chi connectivity index (χ0n) is 39.1. The largest absolute Gasteiger partial charge is 0.494 e. The third-order valence-corrected chi connectivity index (χ3v) is 11.0. The Kier molecular flexibility index (Phi) is 20.8. The Labute approximate surface area is 396 Å². The van der Waals surface area contributed by atoms with E-state index in [0.717, 1.165) is 46.8 Å². The van der Waals surface area contributed by atoms with Crippen molar-refractivity contribution in [3.8, 4) is 34.5 Å². The molecule has 0 bridgehead atoms. The predicted molar refractivity (Wildman–Crippen MR) is 270 cm³/mol. The van der Waals surface area contributed by atoms with E-state index in [1.807, 2.05) is 97.1 Å². The van der Waals surface area contributed by atoms with Crippen molar-refractivity contribution in [1.29, 1.82) is 0 Å². The molecule has 348 valence electrons. The first kappa shape index (κ1) is 49.4. The fraction of sp³-hybridized carbons (Fsp3) is 0.310. The number of ether oxygens (including phenoxy) is 5. The number of hydrogen-bond acceptors (Lipinski definition) is 9. The van der Waals surface area contributed by atoms with E-state index in [0.29, 0.717) is 47.3 Å². The van der Waals surface area contributed by atoms with E-state index in [-0.39, 0.29) is 0 Å². The van der Waals surface area contributed by atoms with Gasteiger partial charge in [0, 0.05) is 12.4 Å². The monoisotopic (exact) mass is 900 g/mol. The lowest BCUT2D eigenvalue weighted by Gasteiger charge is -2.08. The summed E-state index contributed by atoms with van der Waals surface area (Å²) in [4.78, 5) is 34.7. The van der Waals surface area contributed by atoms with E-state index in [1.54, 1.807) is 61.0 Å². The Hall–Kier alpha value is -7.00. The van der Waals surface area contributed by atoms with Gasteiger partial charge in [0.05, 0.1) is 35.7 Å². The zero-order valence-corrected chi connectivity index (χ0v) is 39.1. The minimum Gasteiger partial charge on any atom is -0.494 e. The van der Waals surface area contributed by atoms with Crippen LogP contribution in [0.4, 0.5) is 11.4 Å². The lowest BCUT2D eigenvalue weighted by atomic mass is 10.1. The summed E-state index contributed by atoms with van der Waals surface area (Å²) in [5, 5.41) is 0. The van der Waals surface area contributed by atoms with Gasteiger partial charge in [0.1, 0.15) is 34.5 Å². The molecule has 0 spiro atoms. The molecule has 6 rings (SSSR count). The zero-order chi connectivity index (χ0) is 46.7. The Balaban J connectivity index is 0.873. The standard InChI is InChI=1S/C58H64N2O7/c1-3-5-7-9-11-13-15-41-63-51-33-21-47(22-34-51)57(61)66-55-29-17-45(18-30-55)43-59-49-25-37-53(38-26-49)65-54-39-27-50(28-40-54)60-44-46-19-31-56(32-20-46)67-58(62)48-23-35-52(36-24-48)64-42-16-14-12-10-8-6-4-2/h17-40,43-44H,3-16,41-42H2,1-2H3. The smallest absolute Gasteiger partial charge is 0.343 e. The topological polar surface area (TPSA) is 105 Å². The van der Waals surface area contributed by atoms with Crippen molar-refractivity contribution in [3.63, 3.8) is 0 Å². The van der Waals surface area contributed by atoms with Crippen molar-refractivity contribution in [1.82, 2.24) is 0 Å². The molecule has 0 radical (unpaired) electrons. The quantitative estimate of drug-likeness (QED) is 0.0209. The minimum absolute atomic E-state index is 0.425. The molecule has 6 aromatic carbocycles. The molecule has 6 aromatic rings. The number of esters is 2. The van der Waals surface area contributed by atoms with Gasteiger partial charge in [-0.05, 0) is 170 Å². The molecular weight excluding hydrogens is 837 g/mol. The van der Waals surface area contributed by atoms with Crippen LogP contribution in [0.15, 0.2) is 156 Å². The summed E-state index contributed by atoms with van der Waals surface area (Å²) in [6.45, 7) is 5.82. The maximum absolute atomic E-state index is 12.8. The predicted octanol–water partition coefficient (Wildman–Crippen LogP) is 15.7. The number of aliphatic imine (C=N–C) groups is 2. The van der Waals surface area contributed by atoms with Gasteiger partial charge in [-0.15, -0.1) is 0 Å². The average molecular weight is 901 g/mol. The van der Waals surface area contributed by atoms with Crippen LogP contribution in [0, 0.1) is 0 Å². The van der Waals surface area contributed by atoms with E-state index in [2.05, 4.69) is 23.8 Å². The third kappa shape index (κ3) is 18.1. The highest BCUT2D eigenvalue weighted by Gasteiger charge is 2.11. The number of carbonyl (C=O) groups excluding carboxylic acids is 2. The lowest BCUT2D eigenvalue weighted by Crippen LogP contribution is -2.08. The van der Waals surface area contributed by atoms with Crippen LogP contribution >= 0.6 is 0 Å². The van der Waals surface area contributed by atoms with Crippen LogP contribution in [0.1, 0.15) is 136 Å². The summed E-state index contributed by atoms with van der Waals surface area (Å²) in [5.41, 5.74) is 4.17. The summed E-state index contributed by atoms with van der Waals surface area (Å²) < 4.78 is 28.9. The molecule has 9 nitrogen and oxygen atoms in total. The Morgan fingerprint density at radius 3 is 1.04 bits per heavy atom. The molecule has 0 aliphatic heterocycles. The van der Waals surface area contributed by atoms with Crippen molar-refractivity contribution < 1.29 is 33.3 Å². The molecule has 0 unspecified atom stereocenters. The van der Waals surface area contributed by atoms with E-state index in [1.165, 1.54) is 77.0 Å². The molecule has 0 amide bonds. The first-order valence-electron chi connectivity index (χ1n) is 24.0. The summed E-state index contributed by atoms with van der Waals surface area (Å²) in [6.07, 6.45) is 20.8. The van der Waals surface area contributed by atoms with Gasteiger partial charge < -0.3 is 23.7 Å². The van der Waals surface area contributed by atoms with E-state index >= 15 is 0 Å². The van der Waals surface area contributed by atoms with E-state index < -0.39 is 11.9 Å². The van der Waals surface area contributed by atoms with Crippen LogP contribution in [-0.4, -0.2) is 37.6 Å². The second-order valence-electron chi connectivity index (χ2n) is 16.5. The maximum Gasteiger partial charge on any atom is 0.343 e. The molecular formula is C58H64N2O7. The van der Waals surface area contributed by atoms with Gasteiger partial charge in [-0.3, -0.25) is 9.98 Å². The highest BCUT2D eigenvalue weighted by Crippen LogP contribution is 2.27. The third-order valence-electron chi connectivity index (χ3n) is 11.0. The molecule has 0 heterocycles. The Bertz CT molecular complexity index is 2240. The highest BCUT2D eigenvalue weighted by atomic mass is 16.5. The summed E-state index contributed by atoms with van der Waals surface area (Å²) in [5.74, 6) is 2.90. The molecule has 0 saturated heterocycles. The maximum atomic E-state index is 12.8. The first-order valence-corrected chi connectivity index (χ1v) is 24.0. The fourth-order valence-electron chi connectivity index (χ4n) is 7.08. The van der Waals surface area contributed by atoms with Crippen molar-refractivity contribution >= 4 is 35.7 Å². The van der Waals surface area contributed by atoms with Gasteiger partial charge in [-0.1, -0.05) is 90.9 Å². The van der Waals surface area contributed by atoms with Crippen LogP contribution in [0.3, 0.4) is 0 Å². The molecule has 0 N–H and O–H groups in total. The minimum atomic E-state index is -0.425. The lowest BCUT2D eigenvalue weighted by molar-refractivity contribution is 0.0725. The number of unbranched alkanes of at least 4 members (excludes halogenated alkanes) is 12. The number of benzene rings is 6.